The number of benzene rings is 1. The van der Waals surface area contributed by atoms with Crippen molar-refractivity contribution in [3.05, 3.63) is 57.8 Å². The van der Waals surface area contributed by atoms with Crippen LogP contribution in [0.3, 0.4) is 0 Å². The van der Waals surface area contributed by atoms with Crippen LogP contribution in [0.25, 0.3) is 0 Å². The summed E-state index contributed by atoms with van der Waals surface area (Å²) in [7, 11) is 0. The zero-order chi connectivity index (χ0) is 16.9. The van der Waals surface area contributed by atoms with E-state index in [9.17, 15) is 4.79 Å². The Balaban J connectivity index is 0.00000225. The Morgan fingerprint density at radius 2 is 2.08 bits per heavy atom. The van der Waals surface area contributed by atoms with Gasteiger partial charge in [0.1, 0.15) is 0 Å². The van der Waals surface area contributed by atoms with Gasteiger partial charge in [-0.05, 0) is 62.2 Å². The van der Waals surface area contributed by atoms with Gasteiger partial charge in [0.05, 0.1) is 6.04 Å². The molecule has 1 amide bonds. The largest absolute Gasteiger partial charge is 0.348 e. The fourth-order valence-corrected chi connectivity index (χ4v) is 4.44. The van der Waals surface area contributed by atoms with Crippen molar-refractivity contribution < 1.29 is 4.79 Å². The molecule has 2 N–H and O–H groups in total. The zero-order valence-corrected chi connectivity index (χ0v) is 16.5. The summed E-state index contributed by atoms with van der Waals surface area (Å²) in [6.45, 7) is 5.22. The second-order valence-corrected chi connectivity index (χ2v) is 7.74. The van der Waals surface area contributed by atoms with E-state index in [1.54, 1.807) is 11.3 Å². The lowest BCUT2D eigenvalue weighted by molar-refractivity contribution is -0.126. The molecule has 3 nitrogen and oxygen atoms in total. The third kappa shape index (κ3) is 5.30. The van der Waals surface area contributed by atoms with Crippen LogP contribution in [0.1, 0.15) is 41.8 Å². The lowest BCUT2D eigenvalue weighted by Gasteiger charge is -2.29. The number of carbonyl (C=O) groups is 1. The number of thiophene rings is 1. The molecule has 0 aliphatic carbocycles. The van der Waals surface area contributed by atoms with Crippen molar-refractivity contribution >= 4 is 29.7 Å². The van der Waals surface area contributed by atoms with Crippen molar-refractivity contribution in [2.45, 2.75) is 45.2 Å². The van der Waals surface area contributed by atoms with Crippen molar-refractivity contribution in [1.29, 1.82) is 0 Å². The van der Waals surface area contributed by atoms with Gasteiger partial charge >= 0.3 is 0 Å². The summed E-state index contributed by atoms with van der Waals surface area (Å²) in [5, 5.41) is 8.87. The molecular formula is C20H27ClN2OS. The second-order valence-electron chi connectivity index (χ2n) is 6.80. The molecule has 1 fully saturated rings. The van der Waals surface area contributed by atoms with E-state index in [4.69, 9.17) is 0 Å². The lowest BCUT2D eigenvalue weighted by atomic mass is 9.91. The fourth-order valence-electron chi connectivity index (χ4n) is 3.46. The molecular weight excluding hydrogens is 352 g/mol. The molecule has 2 aromatic rings. The lowest BCUT2D eigenvalue weighted by Crippen LogP contribution is -2.43. The maximum absolute atomic E-state index is 12.8. The summed E-state index contributed by atoms with van der Waals surface area (Å²) in [4.78, 5) is 14.1. The standard InChI is InChI=1S/C20H26N2OS.ClH/c1-14-9-11-24-19(14)18(13-16-6-4-3-5-7-16)22-20(23)17-8-10-21-15(2)12-17;/h3-7,9,11,15,17-18,21H,8,10,12-13H2,1-2H3,(H,22,23);1H/t15-,17-,18?;/m0./s1. The van der Waals surface area contributed by atoms with Gasteiger partial charge in [-0.3, -0.25) is 4.79 Å². The van der Waals surface area contributed by atoms with Gasteiger partial charge in [0, 0.05) is 16.8 Å². The minimum absolute atomic E-state index is 0. The van der Waals surface area contributed by atoms with Crippen LogP contribution in [0.2, 0.25) is 0 Å². The molecule has 3 rings (SSSR count). The highest BCUT2D eigenvalue weighted by molar-refractivity contribution is 7.10. The number of amides is 1. The number of hydrogen-bond acceptors (Lipinski definition) is 3. The maximum atomic E-state index is 12.8. The third-order valence-electron chi connectivity index (χ3n) is 4.81. The first-order chi connectivity index (χ1) is 11.6. The first kappa shape index (κ1) is 20.0. The summed E-state index contributed by atoms with van der Waals surface area (Å²) in [5.41, 5.74) is 2.52. The summed E-state index contributed by atoms with van der Waals surface area (Å²) in [6.07, 6.45) is 2.69. The van der Waals surface area contributed by atoms with Crippen molar-refractivity contribution in [2.75, 3.05) is 6.54 Å². The molecule has 136 valence electrons. The van der Waals surface area contributed by atoms with Crippen LogP contribution in [-0.2, 0) is 11.2 Å². The molecule has 5 heteroatoms. The van der Waals surface area contributed by atoms with Crippen LogP contribution in [0, 0.1) is 12.8 Å². The van der Waals surface area contributed by atoms with Gasteiger partial charge in [0.15, 0.2) is 0 Å². The highest BCUT2D eigenvalue weighted by Crippen LogP contribution is 2.28. The number of piperidine rings is 1. The molecule has 1 aliphatic heterocycles. The summed E-state index contributed by atoms with van der Waals surface area (Å²) in [5.74, 6) is 0.330. The van der Waals surface area contributed by atoms with Crippen molar-refractivity contribution in [1.82, 2.24) is 10.6 Å². The van der Waals surface area contributed by atoms with Gasteiger partial charge < -0.3 is 10.6 Å². The Labute approximate surface area is 160 Å². The summed E-state index contributed by atoms with van der Waals surface area (Å²) in [6, 6.07) is 13.0. The summed E-state index contributed by atoms with van der Waals surface area (Å²) >= 11 is 1.74. The Morgan fingerprint density at radius 1 is 1.32 bits per heavy atom. The second kappa shape index (κ2) is 9.37. The van der Waals surface area contributed by atoms with Gasteiger partial charge in [-0.25, -0.2) is 0 Å². The Hall–Kier alpha value is -1.36. The molecule has 25 heavy (non-hydrogen) atoms. The first-order valence-corrected chi connectivity index (χ1v) is 9.63. The Morgan fingerprint density at radius 3 is 2.72 bits per heavy atom. The minimum Gasteiger partial charge on any atom is -0.348 e. The van der Waals surface area contributed by atoms with Crippen LogP contribution in [-0.4, -0.2) is 18.5 Å². The highest BCUT2D eigenvalue weighted by atomic mass is 35.5. The minimum atomic E-state index is 0. The molecule has 1 aromatic heterocycles. The monoisotopic (exact) mass is 378 g/mol. The Kier molecular flexibility index (Phi) is 7.48. The van der Waals surface area contributed by atoms with Crippen LogP contribution >= 0.6 is 23.7 Å². The predicted octanol–water partition coefficient (Wildman–Crippen LogP) is 4.27. The van der Waals surface area contributed by atoms with Crippen LogP contribution in [0.4, 0.5) is 0 Å². The van der Waals surface area contributed by atoms with Crippen LogP contribution < -0.4 is 10.6 Å². The van der Waals surface area contributed by atoms with Gasteiger partial charge in [-0.1, -0.05) is 30.3 Å². The van der Waals surface area contributed by atoms with E-state index < -0.39 is 0 Å². The molecule has 0 saturated carbocycles. The highest BCUT2D eigenvalue weighted by Gasteiger charge is 2.27. The quantitative estimate of drug-likeness (QED) is 0.815. The molecule has 3 atom stereocenters. The van der Waals surface area contributed by atoms with Crippen molar-refractivity contribution in [3.8, 4) is 0 Å². The number of nitrogens with one attached hydrogen (secondary N) is 2. The van der Waals surface area contributed by atoms with Crippen LogP contribution in [0.15, 0.2) is 41.8 Å². The predicted molar refractivity (Wildman–Crippen MR) is 108 cm³/mol. The van der Waals surface area contributed by atoms with E-state index >= 15 is 0 Å². The van der Waals surface area contributed by atoms with Crippen molar-refractivity contribution in [3.63, 3.8) is 0 Å². The van der Waals surface area contributed by atoms with Crippen LogP contribution in [0.5, 0.6) is 0 Å². The van der Waals surface area contributed by atoms with E-state index in [0.717, 1.165) is 25.8 Å². The average Bonchev–Trinajstić information content (AvgIpc) is 3.01. The van der Waals surface area contributed by atoms with E-state index in [0.29, 0.717) is 6.04 Å². The van der Waals surface area contributed by atoms with Gasteiger partial charge in [0.25, 0.3) is 0 Å². The van der Waals surface area contributed by atoms with Gasteiger partial charge in [0.2, 0.25) is 5.91 Å². The number of hydrogen-bond donors (Lipinski definition) is 2. The van der Waals surface area contributed by atoms with Crippen molar-refractivity contribution in [2.24, 2.45) is 5.92 Å². The molecule has 1 aromatic carbocycles. The van der Waals surface area contributed by atoms with E-state index in [-0.39, 0.29) is 30.3 Å². The number of rotatable bonds is 5. The van der Waals surface area contributed by atoms with E-state index in [2.05, 4.69) is 60.2 Å². The van der Waals surface area contributed by atoms with E-state index in [1.165, 1.54) is 16.0 Å². The third-order valence-corrected chi connectivity index (χ3v) is 5.94. The molecule has 0 spiro atoms. The molecule has 1 saturated heterocycles. The molecule has 0 radical (unpaired) electrons. The fraction of sp³-hybridized carbons (Fsp3) is 0.450. The number of halogens is 1. The number of carbonyl (C=O) groups excluding carboxylic acids is 1. The molecule has 2 heterocycles. The van der Waals surface area contributed by atoms with Gasteiger partial charge in [-0.2, -0.15) is 0 Å². The average molecular weight is 379 g/mol. The molecule has 1 aliphatic rings. The normalized spacial score (nSPS) is 21.2. The maximum Gasteiger partial charge on any atom is 0.223 e. The SMILES string of the molecule is Cc1ccsc1C(Cc1ccccc1)NC(=O)[C@H]1CCN[C@@H](C)C1.Cl. The number of aryl methyl sites for hydroxylation is 1. The smallest absolute Gasteiger partial charge is 0.223 e. The molecule has 0 bridgehead atoms. The first-order valence-electron chi connectivity index (χ1n) is 8.75. The van der Waals surface area contributed by atoms with Gasteiger partial charge in [-0.15, -0.1) is 23.7 Å². The molecule has 1 unspecified atom stereocenters. The van der Waals surface area contributed by atoms with E-state index in [1.807, 2.05) is 6.07 Å². The zero-order valence-electron chi connectivity index (χ0n) is 14.8. The summed E-state index contributed by atoms with van der Waals surface area (Å²) < 4.78 is 0. The topological polar surface area (TPSA) is 41.1 Å². The Bertz CT molecular complexity index is 673.